The van der Waals surface area contributed by atoms with Crippen LogP contribution in [0.15, 0.2) is 0 Å². The number of nitrogens with one attached hydrogen (secondary N) is 1. The number of carbonyl (C=O) groups is 3. The molecule has 0 saturated carbocycles. The van der Waals surface area contributed by atoms with Crippen molar-refractivity contribution in [1.29, 1.82) is 0 Å². The largest absolute Gasteiger partial charge is 0.480 e. The van der Waals surface area contributed by atoms with Gasteiger partial charge in [0.05, 0.1) is 5.41 Å². The van der Waals surface area contributed by atoms with Crippen molar-refractivity contribution >= 4 is 28.8 Å². The Hall–Kier alpha value is -1.84. The second kappa shape index (κ2) is 8.45. The summed E-state index contributed by atoms with van der Waals surface area (Å²) in [5.41, 5.74) is -1.28. The minimum Gasteiger partial charge on any atom is -0.480 e. The van der Waals surface area contributed by atoms with Gasteiger partial charge in [-0.25, -0.2) is 4.79 Å². The highest BCUT2D eigenvalue weighted by Gasteiger charge is 2.32. The van der Waals surface area contributed by atoms with Crippen LogP contribution in [-0.2, 0) is 19.2 Å². The molecular weight excluding hydrogens is 304 g/mol. The summed E-state index contributed by atoms with van der Waals surface area (Å²) in [6.07, 6.45) is 0.257. The van der Waals surface area contributed by atoms with E-state index in [0.29, 0.717) is 0 Å². The van der Waals surface area contributed by atoms with Gasteiger partial charge in [0.25, 0.3) is 5.09 Å². The van der Waals surface area contributed by atoms with Crippen molar-refractivity contribution in [3.05, 3.63) is 10.1 Å². The lowest BCUT2D eigenvalue weighted by Gasteiger charge is -2.24. The number of amides is 1. The molecule has 0 aromatic rings. The normalized spacial score (nSPS) is 12.3. The Bertz CT molecular complexity index is 425. The van der Waals surface area contributed by atoms with Crippen LogP contribution < -0.4 is 5.32 Å². The molecule has 0 saturated heterocycles. The number of aliphatic carboxylic acids is 1. The molecular formula is C11H18N2O7S. The molecule has 2 N–H and O–H groups in total. The van der Waals surface area contributed by atoms with Crippen LogP contribution in [0.2, 0.25) is 0 Å². The Kier molecular flexibility index (Phi) is 7.71. The Morgan fingerprint density at radius 3 is 2.43 bits per heavy atom. The molecule has 0 heterocycles. The number of carbonyl (C=O) groups excluding carboxylic acids is 2. The number of nitrogens with zero attached hydrogens (tertiary/aromatic N) is 1. The van der Waals surface area contributed by atoms with Crippen LogP contribution in [0.5, 0.6) is 0 Å². The van der Waals surface area contributed by atoms with Crippen molar-refractivity contribution in [3.8, 4) is 0 Å². The average Bonchev–Trinajstić information content (AvgIpc) is 2.40. The van der Waals surface area contributed by atoms with E-state index in [-0.39, 0.29) is 17.3 Å². The molecule has 10 heteroatoms. The molecule has 21 heavy (non-hydrogen) atoms. The Morgan fingerprint density at radius 2 is 2.00 bits per heavy atom. The fraction of sp³-hybridized carbons (Fsp3) is 0.727. The summed E-state index contributed by atoms with van der Waals surface area (Å²) in [5, 5.41) is 20.2. The molecule has 0 aromatic carbocycles. The van der Waals surface area contributed by atoms with Gasteiger partial charge in [0.1, 0.15) is 12.6 Å². The lowest BCUT2D eigenvalue weighted by Crippen LogP contribution is -2.49. The van der Waals surface area contributed by atoms with E-state index in [1.807, 2.05) is 0 Å². The lowest BCUT2D eigenvalue weighted by molar-refractivity contribution is -0.760. The summed E-state index contributed by atoms with van der Waals surface area (Å²) < 4.78 is 0. The number of thioether (sulfide) groups is 1. The first-order chi connectivity index (χ1) is 9.60. The third-order valence-corrected chi connectivity index (χ3v) is 3.56. The van der Waals surface area contributed by atoms with Crippen LogP contribution in [0.3, 0.4) is 0 Å². The molecule has 0 radical (unpaired) electrons. The minimum absolute atomic E-state index is 0.111. The van der Waals surface area contributed by atoms with Crippen LogP contribution in [0.1, 0.15) is 27.2 Å². The number of hydrogen-bond donors (Lipinski definition) is 2. The molecule has 0 aliphatic heterocycles. The van der Waals surface area contributed by atoms with Crippen molar-refractivity contribution in [2.24, 2.45) is 5.41 Å². The molecule has 0 fully saturated rings. The summed E-state index contributed by atoms with van der Waals surface area (Å²) >= 11 is 0.810. The monoisotopic (exact) mass is 322 g/mol. The molecule has 0 rings (SSSR count). The maximum atomic E-state index is 11.9. The Labute approximate surface area is 125 Å². The maximum Gasteiger partial charge on any atom is 0.327 e. The van der Waals surface area contributed by atoms with Gasteiger partial charge in [0.2, 0.25) is 5.91 Å². The van der Waals surface area contributed by atoms with E-state index in [0.717, 1.165) is 11.8 Å². The van der Waals surface area contributed by atoms with E-state index in [1.165, 1.54) is 13.8 Å². The van der Waals surface area contributed by atoms with Gasteiger partial charge in [-0.2, -0.15) is 0 Å². The van der Waals surface area contributed by atoms with Crippen molar-refractivity contribution in [2.75, 3.05) is 12.4 Å². The molecule has 0 bridgehead atoms. The van der Waals surface area contributed by atoms with Crippen LogP contribution in [-0.4, -0.2) is 45.6 Å². The van der Waals surface area contributed by atoms with E-state index in [1.54, 1.807) is 6.92 Å². The standard InChI is InChI=1S/C11H18N2O7S/c1-4-8(14)21-5-7(9(15)16)12-10(17)11(2,3)6-20-13(18)19/h7H,4-6H2,1-3H3,(H,12,17)(H,15,16). The van der Waals surface area contributed by atoms with Gasteiger partial charge in [-0.15, -0.1) is 10.1 Å². The average molecular weight is 322 g/mol. The highest BCUT2D eigenvalue weighted by atomic mass is 32.2. The molecule has 1 unspecified atom stereocenters. The first-order valence-corrected chi connectivity index (χ1v) is 7.05. The van der Waals surface area contributed by atoms with Gasteiger partial charge < -0.3 is 15.3 Å². The summed E-state index contributed by atoms with van der Waals surface area (Å²) in [5.74, 6) is -2.10. The molecule has 1 atom stereocenters. The Balaban J connectivity index is 4.62. The molecule has 120 valence electrons. The van der Waals surface area contributed by atoms with E-state index < -0.39 is 35.0 Å². The number of carboxylic acid groups (broad SMARTS) is 1. The van der Waals surface area contributed by atoms with Gasteiger partial charge in [0.15, 0.2) is 5.12 Å². The van der Waals surface area contributed by atoms with Crippen LogP contribution >= 0.6 is 11.8 Å². The number of hydrogen-bond acceptors (Lipinski definition) is 7. The fourth-order valence-electron chi connectivity index (χ4n) is 1.09. The maximum absolute atomic E-state index is 11.9. The van der Waals surface area contributed by atoms with Gasteiger partial charge >= 0.3 is 5.97 Å². The SMILES string of the molecule is CCC(=O)SCC(NC(=O)C(C)(C)CO[N+](=O)[O-])C(=O)O. The highest BCUT2D eigenvalue weighted by Crippen LogP contribution is 2.17. The van der Waals surface area contributed by atoms with Crippen LogP contribution in [0, 0.1) is 15.5 Å². The third kappa shape index (κ3) is 7.49. The van der Waals surface area contributed by atoms with Crippen LogP contribution in [0.4, 0.5) is 0 Å². The zero-order chi connectivity index (χ0) is 16.6. The van der Waals surface area contributed by atoms with E-state index in [4.69, 9.17) is 5.11 Å². The first kappa shape index (κ1) is 19.2. The summed E-state index contributed by atoms with van der Waals surface area (Å²) in [6, 6.07) is -1.26. The lowest BCUT2D eigenvalue weighted by atomic mass is 9.93. The predicted molar refractivity (Wildman–Crippen MR) is 74.0 cm³/mol. The second-order valence-corrected chi connectivity index (χ2v) is 5.86. The molecule has 9 nitrogen and oxygen atoms in total. The molecule has 0 aliphatic rings. The smallest absolute Gasteiger partial charge is 0.327 e. The van der Waals surface area contributed by atoms with Gasteiger partial charge in [-0.05, 0) is 13.8 Å². The van der Waals surface area contributed by atoms with Crippen molar-refractivity contribution < 1.29 is 29.4 Å². The van der Waals surface area contributed by atoms with Crippen LogP contribution in [0.25, 0.3) is 0 Å². The molecule has 0 aromatic heterocycles. The number of rotatable bonds is 9. The van der Waals surface area contributed by atoms with Gasteiger partial charge in [-0.1, -0.05) is 18.7 Å². The predicted octanol–water partition coefficient (Wildman–Crippen LogP) is 0.460. The molecule has 0 aliphatic carbocycles. The van der Waals surface area contributed by atoms with Crippen molar-refractivity contribution in [2.45, 2.75) is 33.2 Å². The highest BCUT2D eigenvalue weighted by molar-refractivity contribution is 8.13. The van der Waals surface area contributed by atoms with E-state index in [2.05, 4.69) is 10.2 Å². The Morgan fingerprint density at radius 1 is 1.43 bits per heavy atom. The van der Waals surface area contributed by atoms with Crippen molar-refractivity contribution in [3.63, 3.8) is 0 Å². The first-order valence-electron chi connectivity index (χ1n) is 6.06. The third-order valence-electron chi connectivity index (χ3n) is 2.45. The zero-order valence-corrected chi connectivity index (χ0v) is 12.8. The zero-order valence-electron chi connectivity index (χ0n) is 12.0. The summed E-state index contributed by atoms with van der Waals surface area (Å²) in [6.45, 7) is 3.91. The van der Waals surface area contributed by atoms with Gasteiger partial charge in [0, 0.05) is 12.2 Å². The fourth-order valence-corrected chi connectivity index (χ4v) is 1.87. The topological polar surface area (TPSA) is 136 Å². The second-order valence-electron chi connectivity index (χ2n) is 4.78. The summed E-state index contributed by atoms with van der Waals surface area (Å²) in [4.78, 5) is 48.4. The molecule has 1 amide bonds. The van der Waals surface area contributed by atoms with Gasteiger partial charge in [-0.3, -0.25) is 9.59 Å². The van der Waals surface area contributed by atoms with Crippen molar-refractivity contribution in [1.82, 2.24) is 5.32 Å². The quantitative estimate of drug-likeness (QED) is 0.461. The minimum atomic E-state index is -1.29. The summed E-state index contributed by atoms with van der Waals surface area (Å²) in [7, 11) is 0. The van der Waals surface area contributed by atoms with E-state index >= 15 is 0 Å². The molecule has 0 spiro atoms. The van der Waals surface area contributed by atoms with E-state index in [9.17, 15) is 24.5 Å². The number of carboxylic acids is 1.